The van der Waals surface area contributed by atoms with Crippen molar-refractivity contribution in [2.45, 2.75) is 114 Å². The number of nitrogens with zero attached hydrogens (tertiary/aromatic N) is 9. The number of aryl methyl sites for hydroxylation is 1. The molecule has 1 N–H and O–H groups in total. The highest BCUT2D eigenvalue weighted by Gasteiger charge is 2.57. The third kappa shape index (κ3) is 11.1. The van der Waals surface area contributed by atoms with Crippen molar-refractivity contribution in [3.8, 4) is 6.07 Å². The molecule has 3 fully saturated rings. The number of phosphoric acid groups is 1. The predicted molar refractivity (Wildman–Crippen MR) is 279 cm³/mol. The summed E-state index contributed by atoms with van der Waals surface area (Å²) >= 11 is 5.59. The number of fused-ring (bicyclic) bond motifs is 4. The van der Waals surface area contributed by atoms with Gasteiger partial charge in [-0.15, -0.1) is 0 Å². The van der Waals surface area contributed by atoms with E-state index in [0.717, 1.165) is 5.56 Å². The van der Waals surface area contributed by atoms with Crippen molar-refractivity contribution in [3.63, 3.8) is 0 Å². The summed E-state index contributed by atoms with van der Waals surface area (Å²) in [6, 6.07) is 19.1. The number of hydrogen-bond acceptors (Lipinski definition) is 19. The monoisotopic (exact) mass is 1140 g/mol. The van der Waals surface area contributed by atoms with Crippen LogP contribution in [0.25, 0.3) is 22.2 Å². The first-order valence-corrected chi connectivity index (χ1v) is 31.8. The van der Waals surface area contributed by atoms with Crippen LogP contribution < -0.4 is 10.5 Å². The average Bonchev–Trinajstić information content (AvgIpc) is 4.15. The number of nitriles is 1. The lowest BCUT2D eigenvalue weighted by atomic mass is 10.1. The Hall–Kier alpha value is -5.49. The number of benzene rings is 2. The molecule has 77 heavy (non-hydrogen) atoms. The van der Waals surface area contributed by atoms with Crippen LogP contribution in [0.1, 0.15) is 72.3 Å². The highest BCUT2D eigenvalue weighted by atomic mass is 32.5. The van der Waals surface area contributed by atoms with Crippen LogP contribution in [-0.4, -0.2) is 128 Å². The van der Waals surface area contributed by atoms with Gasteiger partial charge in [0.1, 0.15) is 61.2 Å². The first kappa shape index (κ1) is 54.8. The van der Waals surface area contributed by atoms with Gasteiger partial charge in [0.05, 0.1) is 56.1 Å². The number of amides is 1. The Morgan fingerprint density at radius 3 is 2.35 bits per heavy atom. The number of esters is 1. The summed E-state index contributed by atoms with van der Waals surface area (Å²) < 4.78 is 92.8. The molecule has 0 saturated carbocycles. The largest absolute Gasteiger partial charge is 0.475 e. The molecule has 0 radical (unpaired) electrons. The standard InChI is InChI=1S/C49H56FN9O14P2SSi/c1-49(2,3)77(4,5)73-39-34-26-68-75(64,76)72-38-33(69-46(36(38)50)58-24-32-18-12-20-57(41-35(32)42(58)53-27-52-41)44(60)30-14-8-6-9-15-30)25-67-74(63,66-22-13-19-51)71-40(39)47(70-34)59-29-54-37-43(59)55-28-56(45(37)61)21-23-65-48(62)31-16-10-7-11-17-31/h6-11,14-17,24,27-29,33-34,36,38-40,46-47H,12-13,18,20-23,25-26H2,1-5H3,(H,64,76)/t33-,34-,36-,38-,39-,40-,46-,47-,74?,75?/m1/s1. The van der Waals surface area contributed by atoms with Crippen LogP contribution in [-0.2, 0) is 70.6 Å². The van der Waals surface area contributed by atoms with Gasteiger partial charge in [-0.1, -0.05) is 57.2 Å². The number of ether oxygens (including phenoxy) is 3. The van der Waals surface area contributed by atoms with Gasteiger partial charge in [-0.2, -0.15) is 5.26 Å². The summed E-state index contributed by atoms with van der Waals surface area (Å²) in [5.74, 6) is -0.513. The number of halogens is 1. The minimum Gasteiger partial charge on any atom is -0.460 e. The first-order chi connectivity index (χ1) is 36.8. The van der Waals surface area contributed by atoms with Crippen molar-refractivity contribution in [2.24, 2.45) is 0 Å². The van der Waals surface area contributed by atoms with Gasteiger partial charge in [0, 0.05) is 18.3 Å². The number of imidazole rings is 1. The van der Waals surface area contributed by atoms with Crippen molar-refractivity contribution in [3.05, 3.63) is 113 Å². The zero-order chi connectivity index (χ0) is 54.4. The third-order valence-corrected chi connectivity index (χ3v) is 21.7. The quantitative estimate of drug-likeness (QED) is 0.0555. The summed E-state index contributed by atoms with van der Waals surface area (Å²) in [5, 5.41) is 9.63. The van der Waals surface area contributed by atoms with Gasteiger partial charge in [0.25, 0.3) is 11.5 Å². The highest BCUT2D eigenvalue weighted by molar-refractivity contribution is 8.07. The normalized spacial score (nSPS) is 28.0. The van der Waals surface area contributed by atoms with Crippen molar-refractivity contribution in [1.29, 1.82) is 5.26 Å². The molecule has 28 heteroatoms. The lowest BCUT2D eigenvalue weighted by molar-refractivity contribution is -0.0664. The Morgan fingerprint density at radius 1 is 0.909 bits per heavy atom. The van der Waals surface area contributed by atoms with Crippen LogP contribution in [0.5, 0.6) is 0 Å². The lowest BCUT2D eigenvalue weighted by Crippen LogP contribution is -2.50. The average molecular weight is 1140 g/mol. The maximum Gasteiger partial charge on any atom is 0.475 e. The lowest BCUT2D eigenvalue weighted by Gasteiger charge is -2.40. The zero-order valence-corrected chi connectivity index (χ0v) is 46.1. The maximum absolute atomic E-state index is 17.4. The predicted octanol–water partition coefficient (Wildman–Crippen LogP) is 7.08. The number of alkyl halides is 1. The fourth-order valence-corrected chi connectivity index (χ4v) is 13.5. The Bertz CT molecular complexity index is 3380. The minimum atomic E-state index is -4.94. The second kappa shape index (κ2) is 22.0. The molecule has 10 atom stereocenters. The van der Waals surface area contributed by atoms with E-state index >= 15 is 8.96 Å². The Morgan fingerprint density at radius 2 is 1.62 bits per heavy atom. The van der Waals surface area contributed by atoms with Crippen LogP contribution in [0.3, 0.4) is 0 Å². The molecule has 10 rings (SSSR count). The Kier molecular flexibility index (Phi) is 15.7. The molecule has 408 valence electrons. The van der Waals surface area contributed by atoms with Crippen molar-refractivity contribution in [1.82, 2.24) is 33.6 Å². The highest BCUT2D eigenvalue weighted by Crippen LogP contribution is 2.58. The molecule has 4 aliphatic rings. The number of anilines is 1. The van der Waals surface area contributed by atoms with Gasteiger partial charge in [0.2, 0.25) is 0 Å². The summed E-state index contributed by atoms with van der Waals surface area (Å²) in [6.07, 6.45) is -5.82. The second-order valence-corrected chi connectivity index (χ2v) is 29.4. The molecule has 8 heterocycles. The van der Waals surface area contributed by atoms with E-state index in [4.69, 9.17) is 53.1 Å². The fourth-order valence-electron chi connectivity index (χ4n) is 9.37. The van der Waals surface area contributed by atoms with E-state index < -0.39 is 108 Å². The minimum absolute atomic E-state index is 0.0125. The molecule has 4 aliphatic heterocycles. The molecule has 2 unspecified atom stereocenters. The SMILES string of the molecule is CC(C)(C)[Si](C)(C)O[C@H]1[C@H]2OP(=O)(OCCC#N)OC[C@H]3O[C@@H](n4cc5c6c(ncnc64)N(C(=O)c4ccccc4)CCC5)[C@H](F)[C@@H]3OP(O)(=S)OC[C@H]1O[C@H]2n1cnc2c(=O)n(CCOC(=O)c3ccccc3)cnc21. The molecule has 2 bridgehead atoms. The molecular formula is C49H56FN9O14P2SSi. The van der Waals surface area contributed by atoms with E-state index in [1.54, 1.807) is 65.7 Å². The van der Waals surface area contributed by atoms with Crippen LogP contribution in [0.4, 0.5) is 10.2 Å². The first-order valence-electron chi connectivity index (χ1n) is 24.8. The van der Waals surface area contributed by atoms with Gasteiger partial charge < -0.3 is 32.6 Å². The molecule has 1 amide bonds. The van der Waals surface area contributed by atoms with Gasteiger partial charge in [0.15, 0.2) is 38.1 Å². The van der Waals surface area contributed by atoms with Crippen LogP contribution in [0.15, 0.2) is 90.6 Å². The maximum atomic E-state index is 17.4. The second-order valence-electron chi connectivity index (χ2n) is 20.3. The summed E-state index contributed by atoms with van der Waals surface area (Å²) in [4.78, 5) is 71.8. The molecule has 23 nitrogen and oxygen atoms in total. The molecule has 0 aliphatic carbocycles. The van der Waals surface area contributed by atoms with Crippen molar-refractivity contribution in [2.75, 3.05) is 37.9 Å². The Labute approximate surface area is 447 Å². The van der Waals surface area contributed by atoms with Crippen LogP contribution in [0.2, 0.25) is 18.1 Å². The van der Waals surface area contributed by atoms with Crippen molar-refractivity contribution < 1.29 is 64.7 Å². The van der Waals surface area contributed by atoms with Crippen molar-refractivity contribution >= 4 is 74.6 Å². The number of phosphoric ester groups is 1. The number of rotatable bonds is 12. The molecule has 2 aromatic carbocycles. The van der Waals surface area contributed by atoms with Crippen LogP contribution in [0, 0.1) is 11.3 Å². The molecular weight excluding hydrogens is 1080 g/mol. The van der Waals surface area contributed by atoms with Gasteiger partial charge in [-0.05, 0) is 72.6 Å². The molecule has 4 aromatic heterocycles. The van der Waals surface area contributed by atoms with Gasteiger partial charge >= 0.3 is 20.5 Å². The summed E-state index contributed by atoms with van der Waals surface area (Å²) in [7, 11) is -7.80. The van der Waals surface area contributed by atoms with Gasteiger partial charge in [-0.3, -0.25) is 41.7 Å². The Balaban J connectivity index is 0.981. The van der Waals surface area contributed by atoms with E-state index in [1.165, 1.54) is 32.7 Å². The van der Waals surface area contributed by atoms with Crippen LogP contribution >= 0.6 is 14.5 Å². The fraction of sp³-hybridized carbons (Fsp3) is 0.469. The number of hydrogen-bond donors (Lipinski definition) is 1. The number of carbonyl (C=O) groups is 2. The van der Waals surface area contributed by atoms with E-state index in [0.29, 0.717) is 41.7 Å². The number of aromatic nitrogens is 7. The van der Waals surface area contributed by atoms with E-state index in [2.05, 4.69) is 19.9 Å². The van der Waals surface area contributed by atoms with E-state index in [9.17, 15) is 24.5 Å². The zero-order valence-electron chi connectivity index (χ0n) is 42.5. The summed E-state index contributed by atoms with van der Waals surface area (Å²) in [5.41, 5.74) is 1.09. The van der Waals surface area contributed by atoms with Gasteiger partial charge in [-0.25, -0.2) is 33.7 Å². The third-order valence-electron chi connectivity index (χ3n) is 14.2. The molecule has 3 saturated heterocycles. The summed E-state index contributed by atoms with van der Waals surface area (Å²) in [6.45, 7) is 3.86. The van der Waals surface area contributed by atoms with E-state index in [1.807, 2.05) is 46.0 Å². The smallest absolute Gasteiger partial charge is 0.460 e. The van der Waals surface area contributed by atoms with E-state index in [-0.39, 0.29) is 42.3 Å². The topological polar surface area (TPSA) is 265 Å². The number of carbonyl (C=O) groups excluding carboxylic acids is 2. The molecule has 6 aromatic rings. The molecule has 0 spiro atoms.